The van der Waals surface area contributed by atoms with Crippen LogP contribution in [0.2, 0.25) is 10.0 Å². The first kappa shape index (κ1) is 20.4. The monoisotopic (exact) mass is 415 g/mol. The van der Waals surface area contributed by atoms with Gasteiger partial charge in [-0.2, -0.15) is 5.10 Å². The van der Waals surface area contributed by atoms with Crippen molar-refractivity contribution in [1.29, 1.82) is 0 Å². The van der Waals surface area contributed by atoms with Gasteiger partial charge in [-0.3, -0.25) is 4.79 Å². The van der Waals surface area contributed by atoms with Gasteiger partial charge in [-0.25, -0.2) is 4.68 Å². The van der Waals surface area contributed by atoms with Crippen molar-refractivity contribution in [3.05, 3.63) is 75.4 Å². The van der Waals surface area contributed by atoms with Gasteiger partial charge in [0.2, 0.25) is 5.91 Å². The first-order valence-electron chi connectivity index (χ1n) is 9.05. The number of carbonyl (C=O) groups excluding carboxylic acids is 1. The molecule has 3 rings (SSSR count). The second kappa shape index (κ2) is 7.98. The molecule has 0 aliphatic heterocycles. The summed E-state index contributed by atoms with van der Waals surface area (Å²) in [4.78, 5) is 12.7. The van der Waals surface area contributed by atoms with Crippen LogP contribution in [-0.4, -0.2) is 15.7 Å². The van der Waals surface area contributed by atoms with Crippen molar-refractivity contribution >= 4 is 34.9 Å². The Balaban J connectivity index is 1.90. The molecule has 3 aromatic rings. The van der Waals surface area contributed by atoms with Gasteiger partial charge < -0.3 is 5.32 Å². The molecule has 28 heavy (non-hydrogen) atoms. The molecule has 6 heteroatoms. The summed E-state index contributed by atoms with van der Waals surface area (Å²) in [6, 6.07) is 15.1. The highest BCUT2D eigenvalue weighted by Crippen LogP contribution is 2.27. The van der Waals surface area contributed by atoms with Gasteiger partial charge in [0.1, 0.15) is 5.82 Å². The van der Waals surface area contributed by atoms with Gasteiger partial charge in [0.05, 0.1) is 17.8 Å². The Kier molecular flexibility index (Phi) is 5.82. The van der Waals surface area contributed by atoms with Crippen molar-refractivity contribution < 1.29 is 4.79 Å². The second-order valence-corrected chi connectivity index (χ2v) is 8.72. The molecule has 1 aromatic heterocycles. The number of nitrogens with one attached hydrogen (secondary N) is 1. The van der Waals surface area contributed by atoms with Gasteiger partial charge in [-0.05, 0) is 36.8 Å². The van der Waals surface area contributed by atoms with Crippen LogP contribution in [0, 0.1) is 6.92 Å². The van der Waals surface area contributed by atoms with Crippen LogP contribution in [0.5, 0.6) is 0 Å². The molecule has 0 saturated carbocycles. The largest absolute Gasteiger partial charge is 0.310 e. The van der Waals surface area contributed by atoms with Crippen LogP contribution < -0.4 is 5.32 Å². The Labute approximate surface area is 175 Å². The number of aromatic nitrogens is 2. The fourth-order valence-electron chi connectivity index (χ4n) is 2.74. The maximum absolute atomic E-state index is 12.7. The number of hydrogen-bond acceptors (Lipinski definition) is 2. The Morgan fingerprint density at radius 3 is 2.36 bits per heavy atom. The van der Waals surface area contributed by atoms with Crippen molar-refractivity contribution in [2.75, 3.05) is 5.32 Å². The summed E-state index contributed by atoms with van der Waals surface area (Å²) in [5.41, 5.74) is 3.53. The number of rotatable bonds is 4. The Morgan fingerprint density at radius 1 is 1.07 bits per heavy atom. The number of benzene rings is 2. The predicted octanol–water partition coefficient (Wildman–Crippen LogP) is 5.97. The normalized spacial score (nSPS) is 11.5. The molecule has 146 valence electrons. The molecule has 0 unspecified atom stereocenters. The fourth-order valence-corrected chi connectivity index (χ4v) is 3.22. The molecule has 0 radical (unpaired) electrons. The number of aryl methyl sites for hydroxylation is 1. The number of anilines is 1. The Morgan fingerprint density at radius 2 is 1.75 bits per heavy atom. The fraction of sp³-hybridized carbons (Fsp3) is 0.273. The third-order valence-electron chi connectivity index (χ3n) is 4.39. The molecule has 1 heterocycles. The van der Waals surface area contributed by atoms with Gasteiger partial charge in [0.25, 0.3) is 0 Å². The van der Waals surface area contributed by atoms with Crippen molar-refractivity contribution in [2.24, 2.45) is 0 Å². The molecule has 0 aliphatic carbocycles. The lowest BCUT2D eigenvalue weighted by molar-refractivity contribution is -0.115. The van der Waals surface area contributed by atoms with E-state index in [9.17, 15) is 4.79 Å². The van der Waals surface area contributed by atoms with Crippen LogP contribution in [0.15, 0.2) is 48.5 Å². The average molecular weight is 416 g/mol. The number of carbonyl (C=O) groups is 1. The van der Waals surface area contributed by atoms with E-state index in [0.29, 0.717) is 15.9 Å². The van der Waals surface area contributed by atoms with Crippen LogP contribution in [0.3, 0.4) is 0 Å². The van der Waals surface area contributed by atoms with Crippen LogP contribution in [-0.2, 0) is 16.6 Å². The van der Waals surface area contributed by atoms with E-state index in [1.54, 1.807) is 22.9 Å². The zero-order chi connectivity index (χ0) is 20.5. The van der Waals surface area contributed by atoms with Crippen molar-refractivity contribution in [3.63, 3.8) is 0 Å². The topological polar surface area (TPSA) is 46.9 Å². The minimum Gasteiger partial charge on any atom is -0.310 e. The van der Waals surface area contributed by atoms with Gasteiger partial charge in [0, 0.05) is 21.5 Å². The summed E-state index contributed by atoms with van der Waals surface area (Å²) in [5, 5.41) is 8.73. The summed E-state index contributed by atoms with van der Waals surface area (Å²) in [6.07, 6.45) is 0.153. The molecular weight excluding hydrogens is 393 g/mol. The number of amides is 1. The van der Waals surface area contributed by atoms with Crippen LogP contribution in [0.1, 0.15) is 37.6 Å². The minimum atomic E-state index is -0.169. The zero-order valence-corrected chi connectivity index (χ0v) is 17.9. The van der Waals surface area contributed by atoms with Crippen molar-refractivity contribution in [3.8, 4) is 5.69 Å². The quantitative estimate of drug-likeness (QED) is 0.570. The molecule has 4 nitrogen and oxygen atoms in total. The lowest BCUT2D eigenvalue weighted by Crippen LogP contribution is -2.17. The molecule has 0 bridgehead atoms. The molecule has 0 spiro atoms. The summed E-state index contributed by atoms with van der Waals surface area (Å²) < 4.78 is 1.77. The highest BCUT2D eigenvalue weighted by atomic mass is 35.5. The van der Waals surface area contributed by atoms with Crippen molar-refractivity contribution in [1.82, 2.24) is 9.78 Å². The highest BCUT2D eigenvalue weighted by molar-refractivity contribution is 6.35. The molecule has 0 fully saturated rings. The van der Waals surface area contributed by atoms with Gasteiger partial charge >= 0.3 is 0 Å². The van der Waals surface area contributed by atoms with Crippen LogP contribution in [0.25, 0.3) is 5.69 Å². The second-order valence-electron chi connectivity index (χ2n) is 7.87. The van der Waals surface area contributed by atoms with Crippen molar-refractivity contribution in [2.45, 2.75) is 39.5 Å². The summed E-state index contributed by atoms with van der Waals surface area (Å²) in [7, 11) is 0. The molecular formula is C22H23Cl2N3O. The lowest BCUT2D eigenvalue weighted by atomic mass is 9.92. The third-order valence-corrected chi connectivity index (χ3v) is 4.98. The number of halogens is 2. The number of nitrogens with zero attached hydrogens (tertiary/aromatic N) is 2. The van der Waals surface area contributed by atoms with E-state index >= 15 is 0 Å². The van der Waals surface area contributed by atoms with Crippen LogP contribution >= 0.6 is 23.2 Å². The Hall–Kier alpha value is -2.30. The maximum atomic E-state index is 12.7. The molecule has 0 saturated heterocycles. The molecule has 0 atom stereocenters. The molecule has 1 amide bonds. The molecule has 1 N–H and O–H groups in total. The summed E-state index contributed by atoms with van der Waals surface area (Å²) in [5.74, 6) is 0.460. The average Bonchev–Trinajstić information content (AvgIpc) is 3.02. The van der Waals surface area contributed by atoms with E-state index in [2.05, 4.69) is 26.1 Å². The molecule has 2 aromatic carbocycles. The third kappa shape index (κ3) is 4.75. The summed E-state index contributed by atoms with van der Waals surface area (Å²) >= 11 is 12.1. The standard InChI is InChI=1S/C22H23Cl2N3O/c1-14-5-9-17(10-6-14)27-20(13-19(26-27)22(2,3)4)25-21(28)11-15-7-8-16(23)12-18(15)24/h5-10,12-13H,11H2,1-4H3,(H,25,28). The first-order chi connectivity index (χ1) is 13.1. The number of hydrogen-bond donors (Lipinski definition) is 1. The van der Waals surface area contributed by atoms with E-state index in [1.165, 1.54) is 0 Å². The lowest BCUT2D eigenvalue weighted by Gasteiger charge is -2.14. The summed E-state index contributed by atoms with van der Waals surface area (Å²) in [6.45, 7) is 8.31. The van der Waals surface area contributed by atoms with E-state index in [-0.39, 0.29) is 17.7 Å². The predicted molar refractivity (Wildman–Crippen MR) is 116 cm³/mol. The SMILES string of the molecule is Cc1ccc(-n2nc(C(C)(C)C)cc2NC(=O)Cc2ccc(Cl)cc2Cl)cc1. The molecule has 0 aliphatic rings. The van der Waals surface area contributed by atoms with E-state index in [4.69, 9.17) is 28.3 Å². The highest BCUT2D eigenvalue weighted by Gasteiger charge is 2.21. The van der Waals surface area contributed by atoms with E-state index in [1.807, 2.05) is 37.3 Å². The van der Waals surface area contributed by atoms with E-state index < -0.39 is 0 Å². The van der Waals surface area contributed by atoms with Gasteiger partial charge in [-0.15, -0.1) is 0 Å². The van der Waals surface area contributed by atoms with E-state index in [0.717, 1.165) is 22.5 Å². The van der Waals surface area contributed by atoms with Crippen LogP contribution in [0.4, 0.5) is 5.82 Å². The zero-order valence-electron chi connectivity index (χ0n) is 16.4. The van der Waals surface area contributed by atoms with Gasteiger partial charge in [-0.1, -0.05) is 67.7 Å². The smallest absolute Gasteiger partial charge is 0.230 e. The minimum absolute atomic E-state index is 0.144. The Bertz CT molecular complexity index is 1000. The van der Waals surface area contributed by atoms with Gasteiger partial charge in [0.15, 0.2) is 0 Å². The maximum Gasteiger partial charge on any atom is 0.230 e. The first-order valence-corrected chi connectivity index (χ1v) is 9.80.